The van der Waals surface area contributed by atoms with Crippen molar-refractivity contribution in [2.24, 2.45) is 0 Å². The van der Waals surface area contributed by atoms with Crippen LogP contribution in [0.4, 0.5) is 0 Å². The first-order valence-corrected chi connectivity index (χ1v) is 8.85. The van der Waals surface area contributed by atoms with E-state index < -0.39 is 18.5 Å². The Kier molecular flexibility index (Phi) is 4.08. The van der Waals surface area contributed by atoms with E-state index in [4.69, 9.17) is 4.65 Å². The summed E-state index contributed by atoms with van der Waals surface area (Å²) in [6, 6.07) is 15.1. The maximum absolute atomic E-state index is 12.9. The molecule has 5 nitrogen and oxygen atoms in total. The van der Waals surface area contributed by atoms with Gasteiger partial charge < -0.3 is 15.0 Å². The first-order chi connectivity index (χ1) is 12.5. The molecule has 0 saturated heterocycles. The Hall–Kier alpha value is -2.60. The average molecular weight is 349 g/mol. The lowest BCUT2D eigenvalue weighted by atomic mass is 9.71. The molecule has 2 aromatic rings. The Morgan fingerprint density at radius 2 is 1.88 bits per heavy atom. The van der Waals surface area contributed by atoms with Crippen LogP contribution in [0.5, 0.6) is 5.75 Å². The van der Waals surface area contributed by atoms with Gasteiger partial charge in [0.15, 0.2) is 5.78 Å². The van der Waals surface area contributed by atoms with Crippen molar-refractivity contribution < 1.29 is 19.3 Å². The van der Waals surface area contributed by atoms with Crippen LogP contribution >= 0.6 is 0 Å². The molecule has 1 aliphatic heterocycles. The van der Waals surface area contributed by atoms with Crippen LogP contribution in [0.3, 0.4) is 0 Å². The number of hydrogen-bond acceptors (Lipinski definition) is 4. The summed E-state index contributed by atoms with van der Waals surface area (Å²) in [4.78, 5) is 24.6. The average Bonchev–Trinajstić information content (AvgIpc) is 3.44. The molecule has 1 fully saturated rings. The minimum absolute atomic E-state index is 0.0810. The zero-order valence-corrected chi connectivity index (χ0v) is 14.6. The van der Waals surface area contributed by atoms with Crippen molar-refractivity contribution in [2.45, 2.75) is 37.5 Å². The highest BCUT2D eigenvalue weighted by atomic mass is 16.5. The standard InChI is InChI=1S/C20H20BNO4/c1-13(23)16-9-5-6-14-12-17(21(25)26-18(14)16)22-19(24)20(10-11-20)15-7-3-2-4-8-15/h2-9,17,25H,10-12H2,1H3,(H,22,24)/t17-/m0/s1. The highest BCUT2D eigenvalue weighted by Gasteiger charge is 2.52. The largest absolute Gasteiger partial charge is 0.547 e. The lowest BCUT2D eigenvalue weighted by Gasteiger charge is -2.30. The van der Waals surface area contributed by atoms with E-state index in [-0.39, 0.29) is 11.7 Å². The fourth-order valence-electron chi connectivity index (χ4n) is 3.66. The predicted molar refractivity (Wildman–Crippen MR) is 98.0 cm³/mol. The van der Waals surface area contributed by atoms with Crippen LogP contribution in [-0.4, -0.2) is 29.8 Å². The van der Waals surface area contributed by atoms with Gasteiger partial charge in [0.05, 0.1) is 16.9 Å². The second-order valence-corrected chi connectivity index (χ2v) is 7.09. The Balaban J connectivity index is 1.54. The van der Waals surface area contributed by atoms with E-state index >= 15 is 0 Å². The summed E-state index contributed by atoms with van der Waals surface area (Å²) in [5.74, 6) is -0.319. The summed E-state index contributed by atoms with van der Waals surface area (Å²) < 4.78 is 5.60. The van der Waals surface area contributed by atoms with E-state index in [1.165, 1.54) is 6.92 Å². The summed E-state index contributed by atoms with van der Waals surface area (Å²) >= 11 is 0. The molecular formula is C20H20BNO4. The molecule has 1 amide bonds. The minimum Gasteiger partial charge on any atom is -0.534 e. The van der Waals surface area contributed by atoms with Gasteiger partial charge in [-0.05, 0) is 43.4 Å². The van der Waals surface area contributed by atoms with E-state index in [1.807, 2.05) is 36.4 Å². The van der Waals surface area contributed by atoms with Crippen LogP contribution in [-0.2, 0) is 16.6 Å². The molecule has 2 aromatic carbocycles. The van der Waals surface area contributed by atoms with Crippen LogP contribution < -0.4 is 9.97 Å². The van der Waals surface area contributed by atoms with E-state index in [2.05, 4.69) is 5.32 Å². The second kappa shape index (κ2) is 6.29. The van der Waals surface area contributed by atoms with Gasteiger partial charge in [0.1, 0.15) is 5.75 Å². The molecular weight excluding hydrogens is 329 g/mol. The summed E-state index contributed by atoms with van der Waals surface area (Å²) in [5.41, 5.74) is 1.78. The number of Topliss-reactive ketones (excluding diaryl/α,β-unsaturated/α-hetero) is 1. The van der Waals surface area contributed by atoms with Crippen molar-refractivity contribution in [1.29, 1.82) is 0 Å². The molecule has 0 radical (unpaired) electrons. The molecule has 2 N–H and O–H groups in total. The van der Waals surface area contributed by atoms with Crippen molar-refractivity contribution in [2.75, 3.05) is 0 Å². The molecule has 1 atom stereocenters. The number of benzene rings is 2. The van der Waals surface area contributed by atoms with E-state index in [1.54, 1.807) is 12.1 Å². The molecule has 0 spiro atoms. The van der Waals surface area contributed by atoms with Crippen molar-refractivity contribution in [1.82, 2.24) is 5.32 Å². The van der Waals surface area contributed by atoms with Gasteiger partial charge in [-0.25, -0.2) is 0 Å². The Morgan fingerprint density at radius 3 is 2.54 bits per heavy atom. The number of nitrogens with one attached hydrogen (secondary N) is 1. The number of fused-ring (bicyclic) bond motifs is 1. The van der Waals surface area contributed by atoms with Gasteiger partial charge in [-0.2, -0.15) is 0 Å². The van der Waals surface area contributed by atoms with Gasteiger partial charge in [0, 0.05) is 0 Å². The second-order valence-electron chi connectivity index (χ2n) is 7.09. The zero-order valence-electron chi connectivity index (χ0n) is 14.6. The van der Waals surface area contributed by atoms with Gasteiger partial charge in [-0.3, -0.25) is 9.59 Å². The molecule has 1 saturated carbocycles. The fraction of sp³-hybridized carbons (Fsp3) is 0.300. The van der Waals surface area contributed by atoms with Gasteiger partial charge in [0.2, 0.25) is 5.91 Å². The number of rotatable bonds is 4. The highest BCUT2D eigenvalue weighted by molar-refractivity contribution is 6.47. The molecule has 1 aliphatic carbocycles. The zero-order chi connectivity index (χ0) is 18.3. The maximum atomic E-state index is 12.9. The van der Waals surface area contributed by atoms with Crippen LogP contribution in [0.25, 0.3) is 0 Å². The van der Waals surface area contributed by atoms with Gasteiger partial charge in [-0.1, -0.05) is 42.5 Å². The quantitative estimate of drug-likeness (QED) is 0.655. The molecule has 132 valence electrons. The van der Waals surface area contributed by atoms with Crippen LogP contribution in [0.2, 0.25) is 0 Å². The SMILES string of the molecule is CC(=O)c1cccc2c1OB(O)[C@@H](NC(=O)C1(c3ccccc3)CC1)C2. The smallest absolute Gasteiger partial charge is 0.534 e. The molecule has 6 heteroatoms. The summed E-state index contributed by atoms with van der Waals surface area (Å²) in [5, 5.41) is 13.3. The number of hydrogen-bond donors (Lipinski definition) is 2. The predicted octanol–water partition coefficient (Wildman–Crippen LogP) is 2.06. The lowest BCUT2D eigenvalue weighted by molar-refractivity contribution is -0.124. The number of para-hydroxylation sites is 1. The molecule has 0 aromatic heterocycles. The van der Waals surface area contributed by atoms with Crippen LogP contribution in [0.1, 0.15) is 41.3 Å². The molecule has 0 bridgehead atoms. The van der Waals surface area contributed by atoms with E-state index in [0.717, 1.165) is 24.0 Å². The summed E-state index contributed by atoms with van der Waals surface area (Å²) in [6.45, 7) is 1.47. The third kappa shape index (κ3) is 2.80. The number of carbonyl (C=O) groups excluding carboxylic acids is 2. The van der Waals surface area contributed by atoms with Gasteiger partial charge in [0.25, 0.3) is 0 Å². The van der Waals surface area contributed by atoms with Crippen LogP contribution in [0, 0.1) is 0 Å². The van der Waals surface area contributed by atoms with E-state index in [9.17, 15) is 14.6 Å². The Morgan fingerprint density at radius 1 is 1.15 bits per heavy atom. The third-order valence-electron chi connectivity index (χ3n) is 5.33. The lowest BCUT2D eigenvalue weighted by Crippen LogP contribution is -2.55. The van der Waals surface area contributed by atoms with Crippen LogP contribution in [0.15, 0.2) is 48.5 Å². The number of amides is 1. The Labute approximate surface area is 152 Å². The molecule has 1 heterocycles. The molecule has 2 aliphatic rings. The first-order valence-electron chi connectivity index (χ1n) is 8.85. The Bertz CT molecular complexity index is 863. The monoisotopic (exact) mass is 349 g/mol. The van der Waals surface area contributed by atoms with E-state index in [0.29, 0.717) is 17.7 Å². The number of ketones is 1. The fourth-order valence-corrected chi connectivity index (χ4v) is 3.66. The maximum Gasteiger partial charge on any atom is 0.547 e. The molecule has 0 unspecified atom stereocenters. The third-order valence-corrected chi connectivity index (χ3v) is 5.33. The highest BCUT2D eigenvalue weighted by Crippen LogP contribution is 2.48. The first kappa shape index (κ1) is 16.9. The van der Waals surface area contributed by atoms with Crippen molar-refractivity contribution in [3.63, 3.8) is 0 Å². The van der Waals surface area contributed by atoms with Crippen molar-refractivity contribution >= 4 is 18.8 Å². The minimum atomic E-state index is -1.18. The summed E-state index contributed by atoms with van der Waals surface area (Å²) in [6.07, 6.45) is 2.03. The van der Waals surface area contributed by atoms with Crippen molar-refractivity contribution in [3.8, 4) is 5.75 Å². The molecule has 4 rings (SSSR count). The van der Waals surface area contributed by atoms with Crippen molar-refractivity contribution in [3.05, 3.63) is 65.2 Å². The topological polar surface area (TPSA) is 75.6 Å². The molecule has 26 heavy (non-hydrogen) atoms. The van der Waals surface area contributed by atoms with Gasteiger partial charge in [-0.15, -0.1) is 0 Å². The normalized spacial score (nSPS) is 19.9. The summed E-state index contributed by atoms with van der Waals surface area (Å²) in [7, 11) is -1.18. The van der Waals surface area contributed by atoms with Gasteiger partial charge >= 0.3 is 7.12 Å². The number of carbonyl (C=O) groups is 2.